The molecule has 4 heteroatoms. The van der Waals surface area contributed by atoms with Crippen molar-refractivity contribution in [2.75, 3.05) is 0 Å². The molecule has 1 aromatic rings. The van der Waals surface area contributed by atoms with E-state index in [-0.39, 0.29) is 17.9 Å². The average Bonchev–Trinajstić information content (AvgIpc) is 2.59. The second-order valence-electron chi connectivity index (χ2n) is 6.96. The zero-order valence-electron chi connectivity index (χ0n) is 15.1. The van der Waals surface area contributed by atoms with Gasteiger partial charge in [-0.3, -0.25) is 0 Å². The molecule has 25 heavy (non-hydrogen) atoms. The van der Waals surface area contributed by atoms with E-state index in [1.807, 2.05) is 0 Å². The molecule has 0 aliphatic heterocycles. The van der Waals surface area contributed by atoms with Gasteiger partial charge in [0.1, 0.15) is 5.82 Å². The van der Waals surface area contributed by atoms with Crippen LogP contribution in [0.4, 0.5) is 9.18 Å². The Kier molecular flexibility index (Phi) is 9.09. The van der Waals surface area contributed by atoms with E-state index in [1.54, 1.807) is 24.4 Å². The minimum absolute atomic E-state index is 0.157. The second-order valence-corrected chi connectivity index (χ2v) is 6.96. The molecule has 0 heterocycles. The highest BCUT2D eigenvalue weighted by Gasteiger charge is 2.11. The number of hydrogen-bond acceptors (Lipinski definition) is 1. The van der Waals surface area contributed by atoms with Crippen LogP contribution in [-0.4, -0.2) is 12.1 Å². The van der Waals surface area contributed by atoms with Gasteiger partial charge in [0.25, 0.3) is 0 Å². The summed E-state index contributed by atoms with van der Waals surface area (Å²) >= 11 is 0. The van der Waals surface area contributed by atoms with E-state index in [0.29, 0.717) is 0 Å². The first-order valence-electron chi connectivity index (χ1n) is 9.73. The lowest BCUT2D eigenvalue weighted by Crippen LogP contribution is -2.40. The highest BCUT2D eigenvalue weighted by Crippen LogP contribution is 2.16. The molecule has 2 amide bonds. The molecule has 1 aliphatic rings. The zero-order valence-corrected chi connectivity index (χ0v) is 15.1. The molecule has 0 radical (unpaired) electrons. The minimum atomic E-state index is -0.259. The molecule has 0 bridgehead atoms. The van der Waals surface area contributed by atoms with E-state index in [0.717, 1.165) is 18.4 Å². The molecular formula is C21H31FN2O. The van der Waals surface area contributed by atoms with Crippen molar-refractivity contribution in [2.24, 2.45) is 0 Å². The third-order valence-electron chi connectivity index (χ3n) is 4.80. The maximum absolute atomic E-state index is 12.9. The first-order chi connectivity index (χ1) is 12.2. The summed E-state index contributed by atoms with van der Waals surface area (Å²) in [5.74, 6) is -0.259. The van der Waals surface area contributed by atoms with Crippen molar-refractivity contribution in [1.29, 1.82) is 0 Å². The molecule has 1 fully saturated rings. The van der Waals surface area contributed by atoms with Crippen LogP contribution in [0.5, 0.6) is 0 Å². The molecule has 1 saturated carbocycles. The number of nitrogens with one attached hydrogen (secondary N) is 2. The quantitative estimate of drug-likeness (QED) is 0.717. The van der Waals surface area contributed by atoms with Crippen LogP contribution in [0, 0.1) is 5.82 Å². The molecule has 138 valence electrons. The van der Waals surface area contributed by atoms with Gasteiger partial charge in [-0.2, -0.15) is 0 Å². The number of rotatable bonds is 3. The summed E-state index contributed by atoms with van der Waals surface area (Å²) in [4.78, 5) is 12.1. The normalized spacial score (nSPS) is 18.3. The number of carbonyl (C=O) groups is 1. The monoisotopic (exact) mass is 346 g/mol. The fraction of sp³-hybridized carbons (Fsp3) is 0.571. The summed E-state index contributed by atoms with van der Waals surface area (Å²) in [6.07, 6.45) is 17.1. The molecule has 2 rings (SSSR count). The molecule has 0 spiro atoms. The molecule has 0 aromatic heterocycles. The first kappa shape index (κ1) is 19.5. The molecule has 0 unspecified atom stereocenters. The Bertz CT molecular complexity index is 515. The number of urea groups is 1. The van der Waals surface area contributed by atoms with Crippen molar-refractivity contribution in [3.05, 3.63) is 41.8 Å². The predicted octanol–water partition coefficient (Wildman–Crippen LogP) is 5.77. The average molecular weight is 346 g/mol. The van der Waals surface area contributed by atoms with E-state index >= 15 is 0 Å². The SMILES string of the molecule is O=C(N/C=C/c1ccc(F)cc1)NC1CCCCCCCCCCC1. The third kappa shape index (κ3) is 8.71. The summed E-state index contributed by atoms with van der Waals surface area (Å²) < 4.78 is 12.9. The van der Waals surface area contributed by atoms with Gasteiger partial charge in [0, 0.05) is 12.2 Å². The lowest BCUT2D eigenvalue weighted by Gasteiger charge is -2.19. The fourth-order valence-corrected chi connectivity index (χ4v) is 3.32. The topological polar surface area (TPSA) is 41.1 Å². The number of amides is 2. The molecular weight excluding hydrogens is 315 g/mol. The maximum Gasteiger partial charge on any atom is 0.318 e. The number of carbonyl (C=O) groups excluding carboxylic acids is 1. The summed E-state index contributed by atoms with van der Waals surface area (Å²) in [6, 6.07) is 6.28. The van der Waals surface area contributed by atoms with Gasteiger partial charge < -0.3 is 10.6 Å². The largest absolute Gasteiger partial charge is 0.335 e. The van der Waals surface area contributed by atoms with Crippen LogP contribution in [0.2, 0.25) is 0 Å². The lowest BCUT2D eigenvalue weighted by atomic mass is 9.98. The Morgan fingerprint density at radius 3 is 1.96 bits per heavy atom. The van der Waals surface area contributed by atoms with Crippen molar-refractivity contribution >= 4 is 12.1 Å². The van der Waals surface area contributed by atoms with Gasteiger partial charge in [-0.25, -0.2) is 9.18 Å². The van der Waals surface area contributed by atoms with E-state index in [2.05, 4.69) is 10.6 Å². The zero-order chi connectivity index (χ0) is 17.7. The van der Waals surface area contributed by atoms with E-state index in [1.165, 1.54) is 69.9 Å². The van der Waals surface area contributed by atoms with Crippen molar-refractivity contribution in [1.82, 2.24) is 10.6 Å². The van der Waals surface area contributed by atoms with Gasteiger partial charge in [-0.05, 0) is 36.6 Å². The highest BCUT2D eigenvalue weighted by atomic mass is 19.1. The highest BCUT2D eigenvalue weighted by molar-refractivity contribution is 5.76. The Balaban J connectivity index is 1.74. The Hall–Kier alpha value is -1.84. The summed E-state index contributed by atoms with van der Waals surface area (Å²) in [6.45, 7) is 0. The van der Waals surface area contributed by atoms with Crippen molar-refractivity contribution in [3.63, 3.8) is 0 Å². The van der Waals surface area contributed by atoms with E-state index < -0.39 is 0 Å². The van der Waals surface area contributed by atoms with Crippen LogP contribution >= 0.6 is 0 Å². The van der Waals surface area contributed by atoms with E-state index in [4.69, 9.17) is 0 Å². The van der Waals surface area contributed by atoms with Crippen LogP contribution in [0.3, 0.4) is 0 Å². The lowest BCUT2D eigenvalue weighted by molar-refractivity contribution is 0.238. The number of benzene rings is 1. The van der Waals surface area contributed by atoms with Crippen LogP contribution in [0.1, 0.15) is 76.2 Å². The minimum Gasteiger partial charge on any atom is -0.335 e. The third-order valence-corrected chi connectivity index (χ3v) is 4.80. The fourth-order valence-electron chi connectivity index (χ4n) is 3.32. The Morgan fingerprint density at radius 2 is 1.40 bits per heavy atom. The maximum atomic E-state index is 12.9. The molecule has 0 saturated heterocycles. The smallest absolute Gasteiger partial charge is 0.318 e. The van der Waals surface area contributed by atoms with Crippen molar-refractivity contribution in [2.45, 2.75) is 76.7 Å². The van der Waals surface area contributed by atoms with Crippen LogP contribution in [-0.2, 0) is 0 Å². The summed E-state index contributed by atoms with van der Waals surface area (Å²) in [5, 5.41) is 5.86. The standard InChI is InChI=1S/C21H31FN2O/c22-19-14-12-18(13-15-19)16-17-23-21(25)24-20-10-8-6-4-2-1-3-5-7-9-11-20/h12-17,20H,1-11H2,(H2,23,24,25)/b17-16+. The van der Waals surface area contributed by atoms with Gasteiger partial charge in [0.2, 0.25) is 0 Å². The first-order valence-corrected chi connectivity index (χ1v) is 9.73. The molecule has 1 aliphatic carbocycles. The summed E-state index contributed by atoms with van der Waals surface area (Å²) in [5.41, 5.74) is 0.854. The van der Waals surface area contributed by atoms with Gasteiger partial charge in [-0.15, -0.1) is 0 Å². The van der Waals surface area contributed by atoms with Gasteiger partial charge >= 0.3 is 6.03 Å². The number of hydrogen-bond donors (Lipinski definition) is 2. The molecule has 1 aromatic carbocycles. The van der Waals surface area contributed by atoms with Gasteiger partial charge in [0.05, 0.1) is 0 Å². The van der Waals surface area contributed by atoms with Crippen LogP contribution < -0.4 is 10.6 Å². The molecule has 3 nitrogen and oxygen atoms in total. The van der Waals surface area contributed by atoms with Crippen molar-refractivity contribution < 1.29 is 9.18 Å². The second kappa shape index (κ2) is 11.7. The molecule has 2 N–H and O–H groups in total. The van der Waals surface area contributed by atoms with Gasteiger partial charge in [0.15, 0.2) is 0 Å². The Labute approximate surface area is 151 Å². The summed E-state index contributed by atoms with van der Waals surface area (Å²) in [7, 11) is 0. The van der Waals surface area contributed by atoms with E-state index in [9.17, 15) is 9.18 Å². The molecule has 0 atom stereocenters. The van der Waals surface area contributed by atoms with Crippen LogP contribution in [0.15, 0.2) is 30.5 Å². The van der Waals surface area contributed by atoms with Crippen molar-refractivity contribution in [3.8, 4) is 0 Å². The number of halogens is 1. The predicted molar refractivity (Wildman–Crippen MR) is 102 cm³/mol. The van der Waals surface area contributed by atoms with Crippen LogP contribution in [0.25, 0.3) is 6.08 Å². The Morgan fingerprint density at radius 1 is 0.880 bits per heavy atom. The van der Waals surface area contributed by atoms with Gasteiger partial charge in [-0.1, -0.05) is 69.9 Å².